The highest BCUT2D eigenvalue weighted by molar-refractivity contribution is 7.89. The fourth-order valence-corrected chi connectivity index (χ4v) is 2.89. The van der Waals surface area contributed by atoms with Crippen molar-refractivity contribution >= 4 is 15.8 Å². The van der Waals surface area contributed by atoms with Gasteiger partial charge in [0.05, 0.1) is 10.6 Å². The van der Waals surface area contributed by atoms with Gasteiger partial charge >= 0.3 is 0 Å². The van der Waals surface area contributed by atoms with Gasteiger partial charge in [0.2, 0.25) is 0 Å². The molecule has 1 N–H and O–H groups in total. The highest BCUT2D eigenvalue weighted by Gasteiger charge is 2.16. The van der Waals surface area contributed by atoms with Crippen molar-refractivity contribution in [2.24, 2.45) is 0 Å². The summed E-state index contributed by atoms with van der Waals surface area (Å²) in [6, 6.07) is 7.91. The molecule has 0 radical (unpaired) electrons. The Morgan fingerprint density at radius 2 is 1.47 bits per heavy atom. The fourth-order valence-electron chi connectivity index (χ4n) is 1.79. The van der Waals surface area contributed by atoms with Gasteiger partial charge in [-0.3, -0.25) is 9.52 Å². The first-order valence-corrected chi connectivity index (χ1v) is 12.7. The molecule has 0 aliphatic heterocycles. The van der Waals surface area contributed by atoms with Crippen LogP contribution in [0.3, 0.4) is 0 Å². The van der Waals surface area contributed by atoms with E-state index in [0.29, 0.717) is 0 Å². The van der Waals surface area contributed by atoms with Crippen molar-refractivity contribution in [2.75, 3.05) is 0 Å². The standard InChI is InChI=1S/C16H17NO3S.C5H10.3C2H6/c1-4-6-12-16(15(5-2)13(3)18)17-21(19,20)14-10-8-7-9-11-14;1-3-5-4-2;3*1-2/h4-12,17H,1-2H2,3H3;3H,1,4-5H2,2H3;3*1-2H3/b12-6-,16-15-;;;;. The van der Waals surface area contributed by atoms with Crippen molar-refractivity contribution < 1.29 is 13.2 Å². The van der Waals surface area contributed by atoms with Gasteiger partial charge in [-0.2, -0.15) is 0 Å². The van der Waals surface area contributed by atoms with E-state index in [1.807, 2.05) is 47.6 Å². The average Bonchev–Trinajstić information content (AvgIpc) is 2.83. The number of allylic oxidation sites excluding steroid dienone is 6. The quantitative estimate of drug-likeness (QED) is 0.231. The molecule has 182 valence electrons. The molecule has 1 aromatic carbocycles. The number of hydrogen-bond donors (Lipinski definition) is 1. The van der Waals surface area contributed by atoms with E-state index in [2.05, 4.69) is 31.4 Å². The van der Waals surface area contributed by atoms with Gasteiger partial charge in [0, 0.05) is 5.57 Å². The number of sulfonamides is 1. The number of unbranched alkanes of at least 4 members (excludes halogenated alkanes) is 1. The Hall–Kier alpha value is -2.66. The summed E-state index contributed by atoms with van der Waals surface area (Å²) < 4.78 is 27.0. The summed E-state index contributed by atoms with van der Waals surface area (Å²) in [7, 11) is -3.77. The molecule has 0 atom stereocenters. The van der Waals surface area contributed by atoms with E-state index >= 15 is 0 Å². The molecule has 0 aliphatic rings. The number of rotatable bonds is 9. The van der Waals surface area contributed by atoms with Gasteiger partial charge in [0.1, 0.15) is 0 Å². The number of carbonyl (C=O) groups is 1. The molecule has 0 aliphatic carbocycles. The summed E-state index contributed by atoms with van der Waals surface area (Å²) in [4.78, 5) is 11.7. The Bertz CT molecular complexity index is 774. The Kier molecular flexibility index (Phi) is 30.2. The van der Waals surface area contributed by atoms with E-state index in [1.165, 1.54) is 49.8 Å². The lowest BCUT2D eigenvalue weighted by molar-refractivity contribution is -0.113. The summed E-state index contributed by atoms with van der Waals surface area (Å²) in [5.74, 6) is -0.288. The minimum Gasteiger partial charge on any atom is -0.294 e. The summed E-state index contributed by atoms with van der Waals surface area (Å²) >= 11 is 0. The summed E-state index contributed by atoms with van der Waals surface area (Å²) in [5, 5.41) is 0. The van der Waals surface area contributed by atoms with Crippen LogP contribution < -0.4 is 4.72 Å². The summed E-state index contributed by atoms with van der Waals surface area (Å²) in [6.07, 6.45) is 10.1. The number of nitrogens with one attached hydrogen (secondary N) is 1. The molecule has 0 bridgehead atoms. The van der Waals surface area contributed by atoms with Crippen molar-refractivity contribution in [3.8, 4) is 0 Å². The van der Waals surface area contributed by atoms with Gasteiger partial charge in [-0.1, -0.05) is 111 Å². The predicted octanol–water partition coefficient (Wildman–Crippen LogP) is 7.79. The Labute approximate surface area is 198 Å². The second-order valence-corrected chi connectivity index (χ2v) is 6.86. The van der Waals surface area contributed by atoms with E-state index in [0.717, 1.165) is 6.42 Å². The molecule has 5 heteroatoms. The second-order valence-electron chi connectivity index (χ2n) is 5.18. The first-order valence-electron chi connectivity index (χ1n) is 11.2. The molecule has 0 saturated carbocycles. The lowest BCUT2D eigenvalue weighted by atomic mass is 10.1. The van der Waals surface area contributed by atoms with Crippen LogP contribution in [0.2, 0.25) is 0 Å². The zero-order valence-corrected chi connectivity index (χ0v) is 22.3. The lowest BCUT2D eigenvalue weighted by Crippen LogP contribution is -2.24. The van der Waals surface area contributed by atoms with Gasteiger partial charge in [-0.15, -0.1) is 6.58 Å². The fraction of sp³-hybridized carbons (Fsp3) is 0.370. The van der Waals surface area contributed by atoms with Crippen LogP contribution in [-0.2, 0) is 14.8 Å². The maximum absolute atomic E-state index is 12.3. The first kappa shape index (κ1) is 36.7. The minimum absolute atomic E-state index is 0.112. The Morgan fingerprint density at radius 1 is 0.969 bits per heavy atom. The zero-order chi connectivity index (χ0) is 26.0. The maximum atomic E-state index is 12.3. The van der Waals surface area contributed by atoms with E-state index in [9.17, 15) is 13.2 Å². The molecule has 32 heavy (non-hydrogen) atoms. The summed E-state index contributed by atoms with van der Waals surface area (Å²) in [5.41, 5.74) is 0.342. The first-order chi connectivity index (χ1) is 15.3. The SMILES string of the molecule is C=C/C=C\C(NS(=O)(=O)c1ccccc1)=C(/C=C)C(C)=O.C=CCCC.CC.CC.CC. The molecule has 1 aromatic rings. The summed E-state index contributed by atoms with van der Waals surface area (Å²) in [6.45, 7) is 26.1. The number of hydrogen-bond acceptors (Lipinski definition) is 3. The van der Waals surface area contributed by atoms with Crippen LogP contribution in [0.4, 0.5) is 0 Å². The van der Waals surface area contributed by atoms with E-state index in [-0.39, 0.29) is 21.9 Å². The molecule has 0 aromatic heterocycles. The third-order valence-electron chi connectivity index (χ3n) is 3.06. The third kappa shape index (κ3) is 18.1. The van der Waals surface area contributed by atoms with Gasteiger partial charge in [-0.05, 0) is 31.6 Å². The molecule has 0 fully saturated rings. The minimum atomic E-state index is -3.77. The van der Waals surface area contributed by atoms with Crippen LogP contribution in [0.1, 0.15) is 68.2 Å². The van der Waals surface area contributed by atoms with E-state index in [1.54, 1.807) is 18.2 Å². The number of ketones is 1. The Balaban J connectivity index is -0.000000302. The molecular formula is C27H45NO3S. The van der Waals surface area contributed by atoms with Crippen LogP contribution in [0.15, 0.2) is 96.6 Å². The zero-order valence-electron chi connectivity index (χ0n) is 21.4. The largest absolute Gasteiger partial charge is 0.294 e. The second kappa shape index (κ2) is 26.4. The highest BCUT2D eigenvalue weighted by Crippen LogP contribution is 2.13. The molecule has 4 nitrogen and oxygen atoms in total. The third-order valence-corrected chi connectivity index (χ3v) is 4.44. The number of carbonyl (C=O) groups excluding carboxylic acids is 1. The van der Waals surface area contributed by atoms with Crippen molar-refractivity contribution in [1.82, 2.24) is 4.72 Å². The topological polar surface area (TPSA) is 63.2 Å². The molecule has 1 rings (SSSR count). The molecule has 0 unspecified atom stereocenters. The number of benzene rings is 1. The monoisotopic (exact) mass is 463 g/mol. The van der Waals surface area contributed by atoms with Crippen molar-refractivity contribution in [3.05, 3.63) is 91.7 Å². The van der Waals surface area contributed by atoms with Crippen LogP contribution in [0.5, 0.6) is 0 Å². The maximum Gasteiger partial charge on any atom is 0.261 e. The average molecular weight is 464 g/mol. The van der Waals surface area contributed by atoms with E-state index in [4.69, 9.17) is 0 Å². The molecule has 0 heterocycles. The van der Waals surface area contributed by atoms with E-state index < -0.39 is 10.0 Å². The van der Waals surface area contributed by atoms with Gasteiger partial charge < -0.3 is 0 Å². The molecule has 0 spiro atoms. The normalized spacial score (nSPS) is 10.0. The van der Waals surface area contributed by atoms with Gasteiger partial charge in [0.15, 0.2) is 5.78 Å². The number of Topliss-reactive ketones (excluding diaryl/α,β-unsaturated/α-hetero) is 1. The van der Waals surface area contributed by atoms with Gasteiger partial charge in [0.25, 0.3) is 10.0 Å². The van der Waals surface area contributed by atoms with Crippen molar-refractivity contribution in [3.63, 3.8) is 0 Å². The van der Waals surface area contributed by atoms with Crippen LogP contribution >= 0.6 is 0 Å². The van der Waals surface area contributed by atoms with Crippen LogP contribution in [-0.4, -0.2) is 14.2 Å². The van der Waals surface area contributed by atoms with Gasteiger partial charge in [-0.25, -0.2) is 8.42 Å². The van der Waals surface area contributed by atoms with Crippen LogP contribution in [0, 0.1) is 0 Å². The lowest BCUT2D eigenvalue weighted by Gasteiger charge is -2.11. The smallest absolute Gasteiger partial charge is 0.261 e. The van der Waals surface area contributed by atoms with Crippen molar-refractivity contribution in [2.45, 2.75) is 73.1 Å². The molecule has 0 saturated heterocycles. The molecular weight excluding hydrogens is 418 g/mol. The van der Waals surface area contributed by atoms with Crippen molar-refractivity contribution in [1.29, 1.82) is 0 Å². The predicted molar refractivity (Wildman–Crippen MR) is 143 cm³/mol. The molecule has 0 amide bonds. The highest BCUT2D eigenvalue weighted by atomic mass is 32.2. The van der Waals surface area contributed by atoms with Crippen LogP contribution in [0.25, 0.3) is 0 Å². The Morgan fingerprint density at radius 3 is 1.78 bits per heavy atom.